The summed E-state index contributed by atoms with van der Waals surface area (Å²) in [6, 6.07) is 16.0. The summed E-state index contributed by atoms with van der Waals surface area (Å²) in [5.74, 6) is 0.974. The Morgan fingerprint density at radius 3 is 2.55 bits per heavy atom. The number of benzene rings is 2. The summed E-state index contributed by atoms with van der Waals surface area (Å²) in [5, 5.41) is 2.98. The zero-order valence-electron chi connectivity index (χ0n) is 17.5. The number of para-hydroxylation sites is 1. The number of carbonyl (C=O) groups excluding carboxylic acids is 2. The maximum absolute atomic E-state index is 12.7. The molecule has 2 aromatic carbocycles. The molecule has 0 unspecified atom stereocenters. The highest BCUT2D eigenvalue weighted by Crippen LogP contribution is 2.33. The minimum atomic E-state index is -0.274. The zero-order chi connectivity index (χ0) is 20.8. The average Bonchev–Trinajstić information content (AvgIpc) is 2.89. The lowest BCUT2D eigenvalue weighted by molar-refractivity contribution is -0.132. The predicted molar refractivity (Wildman–Crippen MR) is 115 cm³/mol. The Hall–Kier alpha value is -2.82. The van der Waals surface area contributed by atoms with Crippen LogP contribution in [0.5, 0.6) is 5.75 Å². The van der Waals surface area contributed by atoms with E-state index in [0.29, 0.717) is 38.4 Å². The number of amides is 2. The van der Waals surface area contributed by atoms with Gasteiger partial charge in [0.1, 0.15) is 5.75 Å². The van der Waals surface area contributed by atoms with Crippen molar-refractivity contribution >= 4 is 11.8 Å². The molecule has 1 aliphatic heterocycles. The quantitative estimate of drug-likeness (QED) is 0.815. The number of hydrogen-bond acceptors (Lipinski definition) is 3. The molecule has 0 spiro atoms. The SMILES string of the molecule is COc1ccccc1-c1ccccc1C[C@H]1CN(C(=O)CC(C)C)CCNC1=O. The highest BCUT2D eigenvalue weighted by Gasteiger charge is 2.28. The summed E-state index contributed by atoms with van der Waals surface area (Å²) >= 11 is 0. The Morgan fingerprint density at radius 2 is 1.83 bits per heavy atom. The van der Waals surface area contributed by atoms with Gasteiger partial charge in [-0.2, -0.15) is 0 Å². The predicted octanol–water partition coefficient (Wildman–Crippen LogP) is 3.53. The molecule has 0 aliphatic carbocycles. The van der Waals surface area contributed by atoms with Crippen LogP contribution in [0.2, 0.25) is 0 Å². The molecule has 1 saturated heterocycles. The van der Waals surface area contributed by atoms with Gasteiger partial charge in [0.15, 0.2) is 0 Å². The molecule has 1 N–H and O–H groups in total. The maximum Gasteiger partial charge on any atom is 0.225 e. The normalized spacial score (nSPS) is 17.0. The molecular weight excluding hydrogens is 364 g/mol. The number of carbonyl (C=O) groups is 2. The largest absolute Gasteiger partial charge is 0.496 e. The van der Waals surface area contributed by atoms with Crippen LogP contribution in [0.25, 0.3) is 11.1 Å². The van der Waals surface area contributed by atoms with Crippen molar-refractivity contribution < 1.29 is 14.3 Å². The van der Waals surface area contributed by atoms with E-state index in [1.165, 1.54) is 0 Å². The van der Waals surface area contributed by atoms with E-state index in [0.717, 1.165) is 22.4 Å². The lowest BCUT2D eigenvalue weighted by atomic mass is 9.91. The third-order valence-corrected chi connectivity index (χ3v) is 5.31. The van der Waals surface area contributed by atoms with E-state index in [4.69, 9.17) is 4.74 Å². The molecule has 1 heterocycles. The first kappa shape index (κ1) is 20.9. The van der Waals surface area contributed by atoms with Gasteiger partial charge in [-0.3, -0.25) is 9.59 Å². The summed E-state index contributed by atoms with van der Waals surface area (Å²) < 4.78 is 5.54. The van der Waals surface area contributed by atoms with Gasteiger partial charge in [0, 0.05) is 31.6 Å². The average molecular weight is 395 g/mol. The molecule has 3 rings (SSSR count). The Balaban J connectivity index is 1.86. The molecule has 0 saturated carbocycles. The van der Waals surface area contributed by atoms with Crippen molar-refractivity contribution in [2.24, 2.45) is 11.8 Å². The van der Waals surface area contributed by atoms with Crippen molar-refractivity contribution in [3.8, 4) is 16.9 Å². The van der Waals surface area contributed by atoms with Gasteiger partial charge in [0.25, 0.3) is 0 Å². The van der Waals surface area contributed by atoms with E-state index < -0.39 is 0 Å². The Morgan fingerprint density at radius 1 is 1.14 bits per heavy atom. The van der Waals surface area contributed by atoms with E-state index in [9.17, 15) is 9.59 Å². The first-order valence-electron chi connectivity index (χ1n) is 10.3. The second-order valence-corrected chi connectivity index (χ2v) is 7.99. The number of hydrogen-bond donors (Lipinski definition) is 1. The van der Waals surface area contributed by atoms with E-state index in [-0.39, 0.29) is 17.7 Å². The van der Waals surface area contributed by atoms with Crippen molar-refractivity contribution in [1.82, 2.24) is 10.2 Å². The number of nitrogens with one attached hydrogen (secondary N) is 1. The van der Waals surface area contributed by atoms with Gasteiger partial charge >= 0.3 is 0 Å². The Bertz CT molecular complexity index is 863. The van der Waals surface area contributed by atoms with Gasteiger partial charge in [0.05, 0.1) is 13.0 Å². The third kappa shape index (κ3) is 5.17. The molecule has 0 bridgehead atoms. The summed E-state index contributed by atoms with van der Waals surface area (Å²) in [5.41, 5.74) is 3.14. The first-order valence-corrected chi connectivity index (χ1v) is 10.3. The van der Waals surface area contributed by atoms with Crippen LogP contribution in [0, 0.1) is 11.8 Å². The molecule has 2 aromatic rings. The van der Waals surface area contributed by atoms with Gasteiger partial charge in [-0.1, -0.05) is 56.3 Å². The number of nitrogens with zero attached hydrogens (tertiary/aromatic N) is 1. The van der Waals surface area contributed by atoms with Crippen LogP contribution in [-0.4, -0.2) is 43.5 Å². The fourth-order valence-electron chi connectivity index (χ4n) is 3.85. The van der Waals surface area contributed by atoms with E-state index >= 15 is 0 Å². The van der Waals surface area contributed by atoms with Gasteiger partial charge in [-0.05, 0) is 29.5 Å². The lowest BCUT2D eigenvalue weighted by Crippen LogP contribution is -2.37. The van der Waals surface area contributed by atoms with Crippen molar-refractivity contribution in [2.45, 2.75) is 26.7 Å². The molecule has 0 radical (unpaired) electrons. The highest BCUT2D eigenvalue weighted by atomic mass is 16.5. The molecular formula is C24H30N2O3. The smallest absolute Gasteiger partial charge is 0.225 e. The van der Waals surface area contributed by atoms with Gasteiger partial charge < -0.3 is 15.0 Å². The standard InChI is InChI=1S/C24H30N2O3/c1-17(2)14-23(27)26-13-12-25-24(28)19(16-26)15-18-8-4-5-9-20(18)21-10-6-7-11-22(21)29-3/h4-11,17,19H,12-16H2,1-3H3,(H,25,28)/t19-/m0/s1. The number of ether oxygens (including phenoxy) is 1. The van der Waals surface area contributed by atoms with E-state index in [1.54, 1.807) is 7.11 Å². The van der Waals surface area contributed by atoms with Crippen LogP contribution in [0.15, 0.2) is 48.5 Å². The number of methoxy groups -OCH3 is 1. The monoisotopic (exact) mass is 394 g/mol. The molecule has 154 valence electrons. The van der Waals surface area contributed by atoms with Crippen LogP contribution < -0.4 is 10.1 Å². The van der Waals surface area contributed by atoms with Crippen LogP contribution in [0.1, 0.15) is 25.8 Å². The van der Waals surface area contributed by atoms with Crippen LogP contribution in [-0.2, 0) is 16.0 Å². The molecule has 0 aromatic heterocycles. The second kappa shape index (κ2) is 9.59. The highest BCUT2D eigenvalue weighted by molar-refractivity contribution is 5.83. The minimum Gasteiger partial charge on any atom is -0.496 e. The second-order valence-electron chi connectivity index (χ2n) is 7.99. The van der Waals surface area contributed by atoms with Crippen LogP contribution in [0.4, 0.5) is 0 Å². The topological polar surface area (TPSA) is 58.6 Å². The summed E-state index contributed by atoms with van der Waals surface area (Å²) in [4.78, 5) is 27.2. The Labute approximate surface area is 173 Å². The molecule has 1 aliphatic rings. The third-order valence-electron chi connectivity index (χ3n) is 5.31. The van der Waals surface area contributed by atoms with Crippen molar-refractivity contribution in [2.75, 3.05) is 26.7 Å². The van der Waals surface area contributed by atoms with Crippen molar-refractivity contribution in [3.05, 3.63) is 54.1 Å². The summed E-state index contributed by atoms with van der Waals surface area (Å²) in [6.07, 6.45) is 1.09. The van der Waals surface area contributed by atoms with E-state index in [1.807, 2.05) is 55.1 Å². The maximum atomic E-state index is 12.7. The minimum absolute atomic E-state index is 0.0136. The summed E-state index contributed by atoms with van der Waals surface area (Å²) in [7, 11) is 1.67. The fraction of sp³-hybridized carbons (Fsp3) is 0.417. The van der Waals surface area contributed by atoms with Gasteiger partial charge in [-0.25, -0.2) is 0 Å². The van der Waals surface area contributed by atoms with E-state index in [2.05, 4.69) is 17.4 Å². The summed E-state index contributed by atoms with van der Waals surface area (Å²) in [6.45, 7) is 5.62. The van der Waals surface area contributed by atoms with Crippen LogP contribution in [0.3, 0.4) is 0 Å². The van der Waals surface area contributed by atoms with Crippen LogP contribution >= 0.6 is 0 Å². The zero-order valence-corrected chi connectivity index (χ0v) is 17.5. The molecule has 1 fully saturated rings. The lowest BCUT2D eigenvalue weighted by Gasteiger charge is -2.24. The first-order chi connectivity index (χ1) is 14.0. The van der Waals surface area contributed by atoms with Crippen molar-refractivity contribution in [3.63, 3.8) is 0 Å². The molecule has 29 heavy (non-hydrogen) atoms. The number of rotatable bonds is 6. The Kier molecular flexibility index (Phi) is 6.91. The molecule has 5 heteroatoms. The fourth-order valence-corrected chi connectivity index (χ4v) is 3.85. The molecule has 1 atom stereocenters. The van der Waals surface area contributed by atoms with Gasteiger partial charge in [0.2, 0.25) is 11.8 Å². The molecule has 2 amide bonds. The molecule has 5 nitrogen and oxygen atoms in total. The van der Waals surface area contributed by atoms with Gasteiger partial charge in [-0.15, -0.1) is 0 Å². The van der Waals surface area contributed by atoms with Crippen molar-refractivity contribution in [1.29, 1.82) is 0 Å².